The predicted octanol–water partition coefficient (Wildman–Crippen LogP) is 2.90. The zero-order valence-electron chi connectivity index (χ0n) is 15.4. The minimum absolute atomic E-state index is 0.0164. The van der Waals surface area contributed by atoms with E-state index in [9.17, 15) is 9.59 Å². The molecule has 1 aromatic carbocycles. The van der Waals surface area contributed by atoms with Gasteiger partial charge in [-0.15, -0.1) is 0 Å². The summed E-state index contributed by atoms with van der Waals surface area (Å²) in [6.07, 6.45) is 8.03. The third-order valence-corrected chi connectivity index (χ3v) is 6.08. The molecule has 2 aliphatic rings. The Kier molecular flexibility index (Phi) is 6.30. The van der Waals surface area contributed by atoms with E-state index < -0.39 is 5.97 Å². The number of rotatable bonds is 6. The summed E-state index contributed by atoms with van der Waals surface area (Å²) in [5.74, 6) is 0.352. The van der Waals surface area contributed by atoms with E-state index in [0.717, 1.165) is 63.5 Å². The second-order valence-electron chi connectivity index (χ2n) is 7.95. The third kappa shape index (κ3) is 4.85. The third-order valence-electron chi connectivity index (χ3n) is 6.08. The molecule has 0 bridgehead atoms. The maximum absolute atomic E-state index is 12.6. The van der Waals surface area contributed by atoms with Crippen LogP contribution in [0.3, 0.4) is 0 Å². The minimum atomic E-state index is -0.717. The number of aryl methyl sites for hydroxylation is 1. The van der Waals surface area contributed by atoms with Crippen molar-refractivity contribution in [2.45, 2.75) is 63.8 Å². The predicted molar refractivity (Wildman–Crippen MR) is 101 cm³/mol. The molecule has 0 heterocycles. The van der Waals surface area contributed by atoms with Crippen molar-refractivity contribution < 1.29 is 14.7 Å². The Balaban J connectivity index is 1.51. The van der Waals surface area contributed by atoms with Crippen LogP contribution in [0.2, 0.25) is 0 Å². The average Bonchev–Trinajstić information content (AvgIpc) is 2.66. The summed E-state index contributed by atoms with van der Waals surface area (Å²) < 4.78 is 0. The number of hydrogen-bond acceptors (Lipinski definition) is 3. The lowest BCUT2D eigenvalue weighted by Gasteiger charge is -2.29. The van der Waals surface area contributed by atoms with Gasteiger partial charge in [0.1, 0.15) is 0 Å². The number of carbonyl (C=O) groups is 2. The van der Waals surface area contributed by atoms with Crippen molar-refractivity contribution in [3.8, 4) is 0 Å². The Morgan fingerprint density at radius 2 is 1.85 bits per heavy atom. The maximum atomic E-state index is 12.6. The summed E-state index contributed by atoms with van der Waals surface area (Å²) in [6.45, 7) is 0.733. The largest absolute Gasteiger partial charge is 0.481 e. The molecule has 2 aliphatic carbocycles. The van der Waals surface area contributed by atoms with Crippen LogP contribution in [0.1, 0.15) is 66.4 Å². The molecule has 1 saturated carbocycles. The van der Waals surface area contributed by atoms with Crippen molar-refractivity contribution in [1.29, 1.82) is 0 Å². The van der Waals surface area contributed by atoms with Crippen LogP contribution >= 0.6 is 0 Å². The van der Waals surface area contributed by atoms with Gasteiger partial charge in [0.15, 0.2) is 0 Å². The smallest absolute Gasteiger partial charge is 0.303 e. The lowest BCUT2D eigenvalue weighted by Crippen LogP contribution is -2.37. The molecule has 1 aromatic rings. The maximum Gasteiger partial charge on any atom is 0.303 e. The summed E-state index contributed by atoms with van der Waals surface area (Å²) in [7, 11) is 0. The number of nitrogens with one attached hydrogen (secondary N) is 1. The molecule has 26 heavy (non-hydrogen) atoms. The van der Waals surface area contributed by atoms with Crippen LogP contribution in [0.15, 0.2) is 18.2 Å². The molecule has 1 unspecified atom stereocenters. The second kappa shape index (κ2) is 8.67. The quantitative estimate of drug-likeness (QED) is 0.729. The first kappa shape index (κ1) is 18.9. The summed E-state index contributed by atoms with van der Waals surface area (Å²) in [5, 5.41) is 12.0. The van der Waals surface area contributed by atoms with Crippen molar-refractivity contribution in [2.75, 3.05) is 6.54 Å². The van der Waals surface area contributed by atoms with E-state index in [1.54, 1.807) is 0 Å². The number of amides is 1. The topological polar surface area (TPSA) is 92.4 Å². The molecule has 1 fully saturated rings. The fourth-order valence-corrected chi connectivity index (χ4v) is 4.36. The lowest BCUT2D eigenvalue weighted by molar-refractivity contribution is -0.137. The number of carboxylic acids is 1. The van der Waals surface area contributed by atoms with Gasteiger partial charge in [-0.1, -0.05) is 6.07 Å². The molecule has 1 atom stereocenters. The summed E-state index contributed by atoms with van der Waals surface area (Å²) in [6, 6.07) is 6.29. The monoisotopic (exact) mass is 358 g/mol. The molecule has 0 spiro atoms. The molecule has 0 aliphatic heterocycles. The Bertz CT molecular complexity index is 651. The first-order valence-electron chi connectivity index (χ1n) is 9.89. The highest BCUT2D eigenvalue weighted by molar-refractivity contribution is 5.94. The van der Waals surface area contributed by atoms with Gasteiger partial charge in [-0.25, -0.2) is 0 Å². The van der Waals surface area contributed by atoms with Crippen LogP contribution in [0.4, 0.5) is 0 Å². The zero-order chi connectivity index (χ0) is 18.5. The van der Waals surface area contributed by atoms with Crippen LogP contribution in [0.25, 0.3) is 0 Å². The van der Waals surface area contributed by atoms with Crippen molar-refractivity contribution in [1.82, 2.24) is 5.32 Å². The van der Waals surface area contributed by atoms with Crippen LogP contribution in [0.5, 0.6) is 0 Å². The zero-order valence-corrected chi connectivity index (χ0v) is 15.4. The minimum Gasteiger partial charge on any atom is -0.481 e. The van der Waals surface area contributed by atoms with E-state index in [4.69, 9.17) is 10.8 Å². The number of nitrogens with two attached hydrogens (primary N) is 1. The molecule has 142 valence electrons. The molecule has 4 N–H and O–H groups in total. The van der Waals surface area contributed by atoms with Crippen LogP contribution in [-0.4, -0.2) is 29.6 Å². The number of fused-ring (bicyclic) bond motifs is 1. The molecule has 0 saturated heterocycles. The van der Waals surface area contributed by atoms with E-state index in [1.165, 1.54) is 11.1 Å². The summed E-state index contributed by atoms with van der Waals surface area (Å²) in [4.78, 5) is 23.3. The van der Waals surface area contributed by atoms with Gasteiger partial charge in [-0.05, 0) is 93.0 Å². The average molecular weight is 358 g/mol. The van der Waals surface area contributed by atoms with E-state index in [1.807, 2.05) is 6.07 Å². The fourth-order valence-electron chi connectivity index (χ4n) is 4.36. The number of carboxylic acid groups (broad SMARTS) is 1. The van der Waals surface area contributed by atoms with Gasteiger partial charge in [0, 0.05) is 18.0 Å². The van der Waals surface area contributed by atoms with Gasteiger partial charge in [-0.2, -0.15) is 0 Å². The highest BCUT2D eigenvalue weighted by atomic mass is 16.4. The number of carbonyl (C=O) groups excluding carboxylic acids is 1. The molecule has 0 aromatic heterocycles. The van der Waals surface area contributed by atoms with Crippen LogP contribution < -0.4 is 11.1 Å². The number of aliphatic carboxylic acids is 1. The van der Waals surface area contributed by atoms with Gasteiger partial charge >= 0.3 is 5.97 Å². The van der Waals surface area contributed by atoms with Gasteiger partial charge in [0.25, 0.3) is 5.91 Å². The standard InChI is InChI=1S/C21H30N2O3/c22-13-15-1-5-17-12-18(7-6-16(17)11-15)21(26)23-19-8-2-14(3-9-19)4-10-20(24)25/h6-7,12,14-15,19H,1-5,8-11,13,22H2,(H,23,26)(H,24,25). The number of hydrogen-bond donors (Lipinski definition) is 3. The Hall–Kier alpha value is -1.88. The normalized spacial score (nSPS) is 25.3. The van der Waals surface area contributed by atoms with E-state index in [-0.39, 0.29) is 18.4 Å². The molecule has 1 amide bonds. The van der Waals surface area contributed by atoms with Crippen molar-refractivity contribution in [3.63, 3.8) is 0 Å². The van der Waals surface area contributed by atoms with Crippen molar-refractivity contribution in [3.05, 3.63) is 34.9 Å². The molecule has 0 radical (unpaired) electrons. The fraction of sp³-hybridized carbons (Fsp3) is 0.619. The van der Waals surface area contributed by atoms with Crippen LogP contribution in [0, 0.1) is 11.8 Å². The Morgan fingerprint density at radius 1 is 1.08 bits per heavy atom. The van der Waals surface area contributed by atoms with Crippen LogP contribution in [-0.2, 0) is 17.6 Å². The van der Waals surface area contributed by atoms with Gasteiger partial charge < -0.3 is 16.2 Å². The van der Waals surface area contributed by atoms with E-state index in [2.05, 4.69) is 17.4 Å². The lowest BCUT2D eigenvalue weighted by atomic mass is 9.82. The molecule has 5 heteroatoms. The molecule has 3 rings (SSSR count). The summed E-state index contributed by atoms with van der Waals surface area (Å²) >= 11 is 0. The Morgan fingerprint density at radius 3 is 2.54 bits per heavy atom. The first-order valence-corrected chi connectivity index (χ1v) is 9.89. The van der Waals surface area contributed by atoms with Gasteiger partial charge in [0.2, 0.25) is 0 Å². The van der Waals surface area contributed by atoms with E-state index in [0.29, 0.717) is 11.8 Å². The number of benzene rings is 1. The molecule has 5 nitrogen and oxygen atoms in total. The SMILES string of the molecule is NCC1CCc2cc(C(=O)NC3CCC(CCC(=O)O)CC3)ccc2C1. The molecular formula is C21H30N2O3. The Labute approximate surface area is 155 Å². The van der Waals surface area contributed by atoms with E-state index >= 15 is 0 Å². The highest BCUT2D eigenvalue weighted by Gasteiger charge is 2.24. The second-order valence-corrected chi connectivity index (χ2v) is 7.95. The highest BCUT2D eigenvalue weighted by Crippen LogP contribution is 2.29. The van der Waals surface area contributed by atoms with Gasteiger partial charge in [0.05, 0.1) is 0 Å². The summed E-state index contributed by atoms with van der Waals surface area (Å²) in [5.41, 5.74) is 9.17. The van der Waals surface area contributed by atoms with Crippen molar-refractivity contribution in [2.24, 2.45) is 17.6 Å². The first-order chi connectivity index (χ1) is 12.5. The van der Waals surface area contributed by atoms with Gasteiger partial charge in [-0.3, -0.25) is 9.59 Å². The van der Waals surface area contributed by atoms with Crippen molar-refractivity contribution >= 4 is 11.9 Å². The molecular weight excluding hydrogens is 328 g/mol.